The Morgan fingerprint density at radius 1 is 1.11 bits per heavy atom. The first-order valence-corrected chi connectivity index (χ1v) is 13.6. The number of benzene rings is 2. The van der Waals surface area contributed by atoms with E-state index in [-0.39, 0.29) is 16.7 Å². The minimum absolute atomic E-state index is 0.209. The maximum absolute atomic E-state index is 15.1. The fourth-order valence-corrected chi connectivity index (χ4v) is 4.59. The summed E-state index contributed by atoms with van der Waals surface area (Å²) in [5.41, 5.74) is 2.71. The summed E-state index contributed by atoms with van der Waals surface area (Å²) in [7, 11) is -2.66. The van der Waals surface area contributed by atoms with E-state index >= 15 is 4.39 Å². The van der Waals surface area contributed by atoms with Crippen LogP contribution in [0.25, 0.3) is 22.0 Å². The molecule has 0 aliphatic carbocycles. The highest BCUT2D eigenvalue weighted by atomic mass is 35.5. The van der Waals surface area contributed by atoms with E-state index in [1.807, 2.05) is 6.07 Å². The van der Waals surface area contributed by atoms with Gasteiger partial charge in [-0.25, -0.2) is 18.7 Å². The molecule has 1 atom stereocenters. The van der Waals surface area contributed by atoms with Gasteiger partial charge < -0.3 is 9.88 Å². The predicted molar refractivity (Wildman–Crippen MR) is 135 cm³/mol. The first-order chi connectivity index (χ1) is 16.5. The Labute approximate surface area is 206 Å². The molecule has 0 amide bonds. The van der Waals surface area contributed by atoms with Crippen molar-refractivity contribution in [1.82, 2.24) is 15.0 Å². The molecule has 10 heteroatoms. The number of nitrogens with one attached hydrogen (secondary N) is 1. The summed E-state index contributed by atoms with van der Waals surface area (Å²) < 4.78 is 41.8. The summed E-state index contributed by atoms with van der Waals surface area (Å²) in [5, 5.41) is 13.2. The van der Waals surface area contributed by atoms with E-state index in [0.717, 1.165) is 0 Å². The largest absolute Gasteiger partial charge is 0.377 e. The van der Waals surface area contributed by atoms with Crippen LogP contribution in [0.15, 0.2) is 42.7 Å². The van der Waals surface area contributed by atoms with Crippen LogP contribution in [0.3, 0.4) is 0 Å². The van der Waals surface area contributed by atoms with Crippen LogP contribution in [0.2, 0.25) is 5.02 Å². The third kappa shape index (κ3) is 4.88. The number of nitriles is 1. The third-order valence-electron chi connectivity index (χ3n) is 5.56. The Morgan fingerprint density at radius 3 is 2.43 bits per heavy atom. The number of nitrogens with zero attached hydrogens (tertiary/aromatic N) is 4. The second-order valence-corrected chi connectivity index (χ2v) is 12.1. The second-order valence-electron chi connectivity index (χ2n) is 8.57. The van der Waals surface area contributed by atoms with Gasteiger partial charge in [-0.2, -0.15) is 5.26 Å². The highest BCUT2D eigenvalue weighted by Crippen LogP contribution is 2.38. The standard InChI is InChI=1S/C25H21ClF2N5OP/c1-13(17-7-15(10-29)5-6-20(17)27)33-24-19-8-18(16-11-30-25(31-12-16)35(3,4)34)21(28)9-22(19)32-14(2)23(24)26/h5-9,11-13H,1-4H3,(H,32,33)/t13-/m1/s1. The van der Waals surface area contributed by atoms with Gasteiger partial charge in [-0.3, -0.25) is 4.98 Å². The van der Waals surface area contributed by atoms with Gasteiger partial charge in [0.2, 0.25) is 0 Å². The van der Waals surface area contributed by atoms with Crippen molar-refractivity contribution in [1.29, 1.82) is 5.26 Å². The average Bonchev–Trinajstić information content (AvgIpc) is 2.81. The lowest BCUT2D eigenvalue weighted by atomic mass is 10.0. The lowest BCUT2D eigenvalue weighted by Gasteiger charge is -2.20. The molecule has 0 fully saturated rings. The van der Waals surface area contributed by atoms with Crippen LogP contribution >= 0.6 is 18.7 Å². The monoisotopic (exact) mass is 511 g/mol. The van der Waals surface area contributed by atoms with Crippen LogP contribution in [0.4, 0.5) is 14.5 Å². The van der Waals surface area contributed by atoms with Crippen molar-refractivity contribution in [2.24, 2.45) is 0 Å². The number of pyridine rings is 1. The van der Waals surface area contributed by atoms with Gasteiger partial charge in [-0.1, -0.05) is 11.6 Å². The molecule has 2 heterocycles. The number of fused-ring (bicyclic) bond motifs is 1. The van der Waals surface area contributed by atoms with Crippen LogP contribution in [0, 0.1) is 29.9 Å². The number of rotatable bonds is 5. The SMILES string of the molecule is Cc1nc2cc(F)c(-c3cnc(P(C)(C)=O)nc3)cc2c(N[C@H](C)c2cc(C#N)ccc2F)c1Cl. The van der Waals surface area contributed by atoms with Crippen molar-refractivity contribution in [3.05, 3.63) is 76.2 Å². The Balaban J connectivity index is 1.84. The summed E-state index contributed by atoms with van der Waals surface area (Å²) in [5.74, 6) is -1.01. The normalized spacial score (nSPS) is 12.4. The van der Waals surface area contributed by atoms with Crippen LogP contribution in [-0.4, -0.2) is 28.3 Å². The molecule has 4 rings (SSSR count). The van der Waals surface area contributed by atoms with Crippen molar-refractivity contribution >= 4 is 40.9 Å². The lowest BCUT2D eigenvalue weighted by Crippen LogP contribution is -2.12. The quantitative estimate of drug-likeness (QED) is 0.320. The molecule has 6 nitrogen and oxygen atoms in total. The van der Waals surface area contributed by atoms with Gasteiger partial charge in [-0.05, 0) is 51.4 Å². The molecule has 1 N–H and O–H groups in total. The molecule has 2 aromatic carbocycles. The van der Waals surface area contributed by atoms with Crippen molar-refractivity contribution in [3.63, 3.8) is 0 Å². The molecule has 0 bridgehead atoms. The summed E-state index contributed by atoms with van der Waals surface area (Å²) >= 11 is 6.59. The molecular formula is C25H21ClF2N5OP. The molecule has 35 heavy (non-hydrogen) atoms. The molecular weight excluding hydrogens is 491 g/mol. The van der Waals surface area contributed by atoms with Crippen molar-refractivity contribution < 1.29 is 13.3 Å². The van der Waals surface area contributed by atoms with Crippen molar-refractivity contribution in [3.8, 4) is 17.2 Å². The number of aromatic nitrogens is 3. The lowest BCUT2D eigenvalue weighted by molar-refractivity contribution is 0.587. The van der Waals surface area contributed by atoms with Gasteiger partial charge in [0.25, 0.3) is 0 Å². The molecule has 0 unspecified atom stereocenters. The van der Waals surface area contributed by atoms with Crippen LogP contribution in [-0.2, 0) is 4.57 Å². The van der Waals surface area contributed by atoms with E-state index in [4.69, 9.17) is 11.6 Å². The van der Waals surface area contributed by atoms with Gasteiger partial charge in [0, 0.05) is 40.5 Å². The van der Waals surface area contributed by atoms with E-state index < -0.39 is 24.8 Å². The zero-order valence-corrected chi connectivity index (χ0v) is 21.0. The molecule has 178 valence electrons. The molecule has 4 aromatic rings. The Hall–Kier alpha value is -3.40. The zero-order valence-electron chi connectivity index (χ0n) is 19.4. The number of hydrogen-bond acceptors (Lipinski definition) is 6. The molecule has 2 aromatic heterocycles. The summed E-state index contributed by atoms with van der Waals surface area (Å²) in [6.45, 7) is 6.55. The third-order valence-corrected chi connectivity index (χ3v) is 7.22. The van der Waals surface area contributed by atoms with E-state index in [1.54, 1.807) is 33.2 Å². The van der Waals surface area contributed by atoms with Crippen molar-refractivity contribution in [2.75, 3.05) is 18.6 Å². The topological polar surface area (TPSA) is 91.6 Å². The minimum Gasteiger partial charge on any atom is -0.377 e. The Bertz CT molecular complexity index is 1550. The second kappa shape index (κ2) is 9.33. The average molecular weight is 512 g/mol. The number of hydrogen-bond donors (Lipinski definition) is 1. The molecule has 0 aliphatic heterocycles. The van der Waals surface area contributed by atoms with E-state index in [9.17, 15) is 14.2 Å². The highest BCUT2D eigenvalue weighted by Gasteiger charge is 2.20. The zero-order chi connectivity index (χ0) is 25.5. The smallest absolute Gasteiger partial charge is 0.188 e. The number of aryl methyl sites for hydroxylation is 1. The first-order valence-electron chi connectivity index (χ1n) is 10.6. The van der Waals surface area contributed by atoms with E-state index in [2.05, 4.69) is 20.3 Å². The fraction of sp³-hybridized carbons (Fsp3) is 0.200. The molecule has 0 radical (unpaired) electrons. The van der Waals surface area contributed by atoms with Gasteiger partial charge in [0.05, 0.1) is 39.6 Å². The predicted octanol–water partition coefficient (Wildman–Crippen LogP) is 6.22. The molecule has 0 spiro atoms. The number of halogens is 3. The van der Waals surface area contributed by atoms with Gasteiger partial charge in [-0.15, -0.1) is 0 Å². The molecule has 0 saturated heterocycles. The minimum atomic E-state index is -2.66. The van der Waals surface area contributed by atoms with E-state index in [1.165, 1.54) is 36.7 Å². The van der Waals surface area contributed by atoms with Gasteiger partial charge in [0.15, 0.2) is 5.57 Å². The van der Waals surface area contributed by atoms with Crippen LogP contribution in [0.1, 0.15) is 29.8 Å². The van der Waals surface area contributed by atoms with E-state index in [0.29, 0.717) is 38.4 Å². The Kier molecular flexibility index (Phi) is 6.59. The first kappa shape index (κ1) is 24.7. The van der Waals surface area contributed by atoms with Crippen LogP contribution < -0.4 is 10.9 Å². The molecule has 0 saturated carbocycles. The Morgan fingerprint density at radius 2 is 1.80 bits per heavy atom. The van der Waals surface area contributed by atoms with Crippen molar-refractivity contribution in [2.45, 2.75) is 19.9 Å². The van der Waals surface area contributed by atoms with Gasteiger partial charge >= 0.3 is 0 Å². The molecule has 0 aliphatic rings. The van der Waals surface area contributed by atoms with Crippen LogP contribution in [0.5, 0.6) is 0 Å². The highest BCUT2D eigenvalue weighted by molar-refractivity contribution is 7.69. The number of anilines is 1. The summed E-state index contributed by atoms with van der Waals surface area (Å²) in [4.78, 5) is 12.7. The van der Waals surface area contributed by atoms with Gasteiger partial charge in [0.1, 0.15) is 18.8 Å². The maximum Gasteiger partial charge on any atom is 0.188 e. The summed E-state index contributed by atoms with van der Waals surface area (Å²) in [6.07, 6.45) is 2.85. The maximum atomic E-state index is 15.1. The summed E-state index contributed by atoms with van der Waals surface area (Å²) in [6, 6.07) is 8.43. The fourth-order valence-electron chi connectivity index (χ4n) is 3.72.